The summed E-state index contributed by atoms with van der Waals surface area (Å²) in [6, 6.07) is 28.6. The Hall–Kier alpha value is -5.54. The second kappa shape index (κ2) is 22.5. The van der Waals surface area contributed by atoms with Crippen LogP contribution < -0.4 is 9.80 Å². The van der Waals surface area contributed by atoms with E-state index in [0.717, 1.165) is 61.3 Å². The van der Waals surface area contributed by atoms with E-state index in [9.17, 15) is 26.3 Å². The lowest BCUT2D eigenvalue weighted by atomic mass is 10.0. The first-order valence-electron chi connectivity index (χ1n) is 23.8. The number of piperidine rings is 2. The van der Waals surface area contributed by atoms with Crippen LogP contribution in [0.2, 0.25) is 0 Å². The number of hydrogen-bond acceptors (Lipinski definition) is 13. The Kier molecular flexibility index (Phi) is 16.2. The van der Waals surface area contributed by atoms with Crippen LogP contribution in [-0.4, -0.2) is 108 Å². The predicted molar refractivity (Wildman–Crippen MR) is 261 cm³/mol. The number of aliphatic hydroxyl groups excluding tert-OH is 1. The molecule has 5 aromatic rings. The smallest absolute Gasteiger partial charge is 0.221 e. The van der Waals surface area contributed by atoms with Crippen LogP contribution in [0.5, 0.6) is 0 Å². The molecule has 69 heavy (non-hydrogen) atoms. The van der Waals surface area contributed by atoms with Gasteiger partial charge in [-0.3, -0.25) is 0 Å². The van der Waals surface area contributed by atoms with Crippen LogP contribution in [0, 0.1) is 11.6 Å². The van der Waals surface area contributed by atoms with Crippen LogP contribution in [0.1, 0.15) is 104 Å². The number of benzene rings is 4. The van der Waals surface area contributed by atoms with Crippen molar-refractivity contribution < 1.29 is 30.7 Å². The van der Waals surface area contributed by atoms with Crippen molar-refractivity contribution in [1.29, 1.82) is 0 Å². The number of sulfonamides is 2. The number of hydrogen-bond donors (Lipinski definition) is 1. The number of rotatable bonds is 9. The van der Waals surface area contributed by atoms with Gasteiger partial charge < -0.3 is 14.9 Å². The van der Waals surface area contributed by atoms with Crippen molar-refractivity contribution in [3.8, 4) is 0 Å². The van der Waals surface area contributed by atoms with Crippen molar-refractivity contribution in [2.75, 3.05) is 42.5 Å². The summed E-state index contributed by atoms with van der Waals surface area (Å²) in [5, 5.41) is 30.6. The highest BCUT2D eigenvalue weighted by Crippen LogP contribution is 2.40. The van der Waals surface area contributed by atoms with Crippen LogP contribution in [0.15, 0.2) is 119 Å². The minimum Gasteiger partial charge on any atom is -0.393 e. The monoisotopic (exact) mass is 985 g/mol. The zero-order chi connectivity index (χ0) is 48.5. The van der Waals surface area contributed by atoms with E-state index in [0.29, 0.717) is 56.4 Å². The third kappa shape index (κ3) is 11.9. The van der Waals surface area contributed by atoms with Gasteiger partial charge in [0.15, 0.2) is 6.33 Å². The molecule has 0 bridgehead atoms. The fraction of sp³-hybridized carbons (Fsp3) is 0.469. The van der Waals surface area contributed by atoms with Crippen molar-refractivity contribution in [3.63, 3.8) is 0 Å². The summed E-state index contributed by atoms with van der Waals surface area (Å²) < 4.78 is 86.7. The van der Waals surface area contributed by atoms with Crippen molar-refractivity contribution in [3.05, 3.63) is 137 Å². The molecule has 0 radical (unpaired) electrons. The summed E-state index contributed by atoms with van der Waals surface area (Å²) in [4.78, 5) is 5.85. The molecule has 2 unspecified atom stereocenters. The molecule has 16 nitrogen and oxygen atoms in total. The van der Waals surface area contributed by atoms with Crippen molar-refractivity contribution in [1.82, 2.24) is 28.8 Å². The van der Waals surface area contributed by atoms with Crippen molar-refractivity contribution in [2.45, 2.75) is 113 Å². The fourth-order valence-corrected chi connectivity index (χ4v) is 14.1. The highest BCUT2D eigenvalue weighted by Gasteiger charge is 2.42. The standard InChI is InChI=1S/C24H29FN6O2S.C23H29FN2O3S.C2H3N3/c1-18-7-10-24(19-5-3-2-4-6-19)34(32,33)30(18)16-20-8-9-22(15-23(20)25)29-13-11-21(12-14-29)31-27-17-26-28-31;1-17-7-10-23(18-5-3-2-4-6-18)30(28,29)26(17)16-19-8-9-20(15-22(19)24)25-13-11-21(27)12-14-25;1-2-4-5-3-1/h2-6,8-9,15,17-18,21,24H,7,10-14,16H2,1H3;2-6,8-9,15,17,21,23,27H,7,10-14,16H2,1H3;1H,2H2/t18-,24?;17-,23?;/m00./s1. The van der Waals surface area contributed by atoms with Crippen LogP contribution in [0.25, 0.3) is 0 Å². The lowest BCUT2D eigenvalue weighted by Crippen LogP contribution is -2.44. The van der Waals surface area contributed by atoms with Gasteiger partial charge in [-0.2, -0.15) is 18.5 Å². The number of anilines is 2. The van der Waals surface area contributed by atoms with E-state index in [1.165, 1.54) is 27.1 Å². The van der Waals surface area contributed by atoms with Gasteiger partial charge in [-0.1, -0.05) is 72.8 Å². The number of nitrogens with zero attached hydrogens (tertiary/aromatic N) is 11. The molecule has 5 aliphatic rings. The maximum absolute atomic E-state index is 15.2. The Morgan fingerprint density at radius 3 is 1.49 bits per heavy atom. The number of tetrazole rings is 1. The van der Waals surface area contributed by atoms with Gasteiger partial charge in [0, 0.05) is 73.9 Å². The summed E-state index contributed by atoms with van der Waals surface area (Å²) >= 11 is 0. The molecular formula is C49H61F2N11O5S2. The Balaban J connectivity index is 0.000000170. The van der Waals surface area contributed by atoms with Gasteiger partial charge in [0.05, 0.1) is 24.9 Å². The summed E-state index contributed by atoms with van der Waals surface area (Å²) in [5.74, 6) is -0.760. The summed E-state index contributed by atoms with van der Waals surface area (Å²) in [6.07, 6.45) is 8.50. The lowest BCUT2D eigenvalue weighted by molar-refractivity contribution is 0.145. The second-order valence-electron chi connectivity index (χ2n) is 18.3. The van der Waals surface area contributed by atoms with Gasteiger partial charge in [0.25, 0.3) is 0 Å². The lowest BCUT2D eigenvalue weighted by Gasteiger charge is -2.37. The molecule has 0 saturated carbocycles. The van der Waals surface area contributed by atoms with Crippen LogP contribution in [-0.2, 0) is 33.1 Å². The maximum Gasteiger partial charge on any atom is 0.221 e. The molecule has 0 spiro atoms. The summed E-state index contributed by atoms with van der Waals surface area (Å²) in [6.45, 7) is 7.45. The molecule has 0 aliphatic carbocycles. The van der Waals surface area contributed by atoms with Gasteiger partial charge in [-0.05, 0) is 111 Å². The Bertz CT molecular complexity index is 2730. The molecule has 4 fully saturated rings. The van der Waals surface area contributed by atoms with E-state index >= 15 is 4.39 Å². The van der Waals surface area contributed by atoms with Gasteiger partial charge >= 0.3 is 0 Å². The Labute approximate surface area is 403 Å². The minimum absolute atomic E-state index is 0.0393. The van der Waals surface area contributed by atoms with E-state index in [1.54, 1.807) is 23.1 Å². The third-order valence-electron chi connectivity index (χ3n) is 13.8. The first-order chi connectivity index (χ1) is 33.3. The van der Waals surface area contributed by atoms with Crippen LogP contribution >= 0.6 is 0 Å². The van der Waals surface area contributed by atoms with Gasteiger partial charge in [-0.25, -0.2) is 25.6 Å². The quantitative estimate of drug-likeness (QED) is 0.152. The van der Waals surface area contributed by atoms with Crippen LogP contribution in [0.4, 0.5) is 20.2 Å². The topological polar surface area (TPSA) is 182 Å². The van der Waals surface area contributed by atoms with E-state index in [-0.39, 0.29) is 49.0 Å². The van der Waals surface area contributed by atoms with E-state index in [4.69, 9.17) is 0 Å². The number of halogens is 2. The third-order valence-corrected chi connectivity index (χ3v) is 18.6. The molecular weight excluding hydrogens is 925 g/mol. The predicted octanol–water partition coefficient (Wildman–Crippen LogP) is 7.99. The largest absolute Gasteiger partial charge is 0.393 e. The van der Waals surface area contributed by atoms with Crippen molar-refractivity contribution >= 4 is 37.6 Å². The molecule has 5 aliphatic heterocycles. The zero-order valence-electron chi connectivity index (χ0n) is 39.0. The van der Waals surface area contributed by atoms with Gasteiger partial charge in [-0.15, -0.1) is 15.3 Å². The SMILES string of the molecule is C1=NN=NC1.C[C@H]1CCC(c2ccccc2)S(=O)(=O)N1Cc1ccc(N2CCC(O)CC2)cc1F.C[C@H]1CCC(c2ccccc2)S(=O)(=O)N1Cc1ccc(N2CCC(n3ncnn3)CC2)cc1F. The summed E-state index contributed by atoms with van der Waals surface area (Å²) in [7, 11) is -7.19. The van der Waals surface area contributed by atoms with Gasteiger partial charge in [0.1, 0.15) is 22.1 Å². The molecule has 368 valence electrons. The molecule has 10 rings (SSSR count). The normalized spacial score (nSPS) is 24.0. The minimum atomic E-state index is -3.60. The molecule has 1 aromatic heterocycles. The molecule has 1 N–H and O–H groups in total. The average Bonchev–Trinajstić information content (AvgIpc) is 4.13. The van der Waals surface area contributed by atoms with E-state index in [1.807, 2.05) is 86.6 Å². The van der Waals surface area contributed by atoms with Gasteiger partial charge in [0.2, 0.25) is 20.0 Å². The number of aliphatic hydroxyl groups is 1. The highest BCUT2D eigenvalue weighted by molar-refractivity contribution is 7.89. The molecule has 6 heterocycles. The molecule has 4 saturated heterocycles. The van der Waals surface area contributed by atoms with Crippen LogP contribution in [0.3, 0.4) is 0 Å². The zero-order valence-corrected chi connectivity index (χ0v) is 40.7. The highest BCUT2D eigenvalue weighted by atomic mass is 32.2. The average molecular weight is 986 g/mol. The first-order valence-corrected chi connectivity index (χ1v) is 26.8. The second-order valence-corrected chi connectivity index (χ2v) is 22.4. The van der Waals surface area contributed by atoms with E-state index in [2.05, 4.69) is 40.6 Å². The maximum atomic E-state index is 15.2. The Morgan fingerprint density at radius 1 is 0.623 bits per heavy atom. The fourth-order valence-electron chi connectivity index (χ4n) is 9.77. The Morgan fingerprint density at radius 2 is 1.10 bits per heavy atom. The summed E-state index contributed by atoms with van der Waals surface area (Å²) in [5.41, 5.74) is 3.95. The van der Waals surface area contributed by atoms with Crippen molar-refractivity contribution in [2.24, 2.45) is 15.4 Å². The molecule has 4 atom stereocenters. The molecule has 0 amide bonds. The van der Waals surface area contributed by atoms with E-state index < -0.39 is 30.5 Å². The molecule has 20 heteroatoms. The number of aromatic nitrogens is 4. The first kappa shape index (κ1) is 49.9. The molecule has 4 aromatic carbocycles.